The molecule has 2 heterocycles. The monoisotopic (exact) mass is 439 g/mol. The molecule has 0 unspecified atom stereocenters. The third kappa shape index (κ3) is 3.65. The van der Waals surface area contributed by atoms with E-state index in [1.165, 1.54) is 5.01 Å². The molecule has 1 saturated heterocycles. The molecule has 3 amide bonds. The predicted molar refractivity (Wildman–Crippen MR) is 123 cm³/mol. The first kappa shape index (κ1) is 20.6. The van der Waals surface area contributed by atoms with Crippen LogP contribution in [0.1, 0.15) is 5.56 Å². The standard InChI is InChI=1S/C25H21N5O3/c1-17-12-14-20(15-13-17)30-24(32)22-23(25(30)33)28(27-26-22)16-21(31)29(18-8-4-2-5-9-18)19-10-6-3-7-11-19/h2-15,22-23H,16H2,1H3/t22-,23+/m1/s1. The number of para-hydroxylation sites is 2. The molecule has 3 aromatic rings. The normalized spacial score (nSPS) is 19.2. The molecular weight excluding hydrogens is 418 g/mol. The molecule has 33 heavy (non-hydrogen) atoms. The zero-order valence-electron chi connectivity index (χ0n) is 17.9. The van der Waals surface area contributed by atoms with E-state index in [9.17, 15) is 14.4 Å². The molecule has 164 valence electrons. The highest BCUT2D eigenvalue weighted by Crippen LogP contribution is 2.33. The van der Waals surface area contributed by atoms with Gasteiger partial charge in [0.25, 0.3) is 17.7 Å². The van der Waals surface area contributed by atoms with Crippen LogP contribution in [0.4, 0.5) is 17.1 Å². The van der Waals surface area contributed by atoms with E-state index in [2.05, 4.69) is 10.3 Å². The highest BCUT2D eigenvalue weighted by atomic mass is 16.2. The number of hydrogen-bond donors (Lipinski definition) is 0. The van der Waals surface area contributed by atoms with Crippen LogP contribution >= 0.6 is 0 Å². The summed E-state index contributed by atoms with van der Waals surface area (Å²) in [7, 11) is 0. The first-order chi connectivity index (χ1) is 16.0. The SMILES string of the molecule is Cc1ccc(N2C(=O)[C@@H]3[C@@H](N=NN3CC(=O)N(c3ccccc3)c3ccccc3)C2=O)cc1. The summed E-state index contributed by atoms with van der Waals surface area (Å²) in [6.07, 6.45) is 0. The Kier molecular flexibility index (Phi) is 5.18. The van der Waals surface area contributed by atoms with Gasteiger partial charge in [0.1, 0.15) is 6.54 Å². The number of hydrogen-bond acceptors (Lipinski definition) is 6. The van der Waals surface area contributed by atoms with Crippen molar-refractivity contribution in [2.24, 2.45) is 10.3 Å². The van der Waals surface area contributed by atoms with Gasteiger partial charge in [-0.3, -0.25) is 24.3 Å². The molecule has 8 nitrogen and oxygen atoms in total. The molecular formula is C25H21N5O3. The molecule has 0 radical (unpaired) electrons. The Labute approximate surface area is 190 Å². The first-order valence-electron chi connectivity index (χ1n) is 10.6. The number of anilines is 3. The third-order valence-electron chi connectivity index (χ3n) is 5.73. The summed E-state index contributed by atoms with van der Waals surface area (Å²) in [4.78, 5) is 42.3. The molecule has 3 aromatic carbocycles. The number of fused-ring (bicyclic) bond motifs is 1. The molecule has 0 bridgehead atoms. The van der Waals surface area contributed by atoms with Gasteiger partial charge in [0.05, 0.1) is 5.69 Å². The zero-order chi connectivity index (χ0) is 22.9. The van der Waals surface area contributed by atoms with Gasteiger partial charge in [-0.05, 0) is 43.3 Å². The van der Waals surface area contributed by atoms with Gasteiger partial charge >= 0.3 is 0 Å². The maximum Gasteiger partial charge on any atom is 0.263 e. The van der Waals surface area contributed by atoms with Crippen LogP contribution < -0.4 is 9.80 Å². The fourth-order valence-corrected chi connectivity index (χ4v) is 4.10. The van der Waals surface area contributed by atoms with Crippen molar-refractivity contribution in [1.29, 1.82) is 0 Å². The summed E-state index contributed by atoms with van der Waals surface area (Å²) in [5.41, 5.74) is 2.89. The topological polar surface area (TPSA) is 85.7 Å². The second-order valence-electron chi connectivity index (χ2n) is 7.94. The lowest BCUT2D eigenvalue weighted by molar-refractivity contribution is -0.124. The minimum Gasteiger partial charge on any atom is -0.279 e. The molecule has 5 rings (SSSR count). The molecule has 2 atom stereocenters. The van der Waals surface area contributed by atoms with Crippen LogP contribution in [0.5, 0.6) is 0 Å². The lowest BCUT2D eigenvalue weighted by Gasteiger charge is -2.26. The smallest absolute Gasteiger partial charge is 0.263 e. The van der Waals surface area contributed by atoms with Crippen molar-refractivity contribution in [1.82, 2.24) is 5.01 Å². The molecule has 8 heteroatoms. The van der Waals surface area contributed by atoms with Gasteiger partial charge in [-0.2, -0.15) is 5.11 Å². The van der Waals surface area contributed by atoms with Crippen molar-refractivity contribution >= 4 is 34.8 Å². The number of aryl methyl sites for hydroxylation is 1. The first-order valence-corrected chi connectivity index (χ1v) is 10.6. The highest BCUT2D eigenvalue weighted by Gasteiger charge is 2.55. The van der Waals surface area contributed by atoms with Gasteiger partial charge in [-0.1, -0.05) is 59.3 Å². The molecule has 2 aliphatic heterocycles. The quantitative estimate of drug-likeness (QED) is 0.568. The average molecular weight is 439 g/mol. The van der Waals surface area contributed by atoms with Crippen LogP contribution in [0, 0.1) is 6.92 Å². The summed E-state index contributed by atoms with van der Waals surface area (Å²) in [5.74, 6) is -1.16. The number of benzene rings is 3. The Morgan fingerprint density at radius 3 is 2.00 bits per heavy atom. The Balaban J connectivity index is 1.41. The van der Waals surface area contributed by atoms with Crippen LogP contribution in [0.15, 0.2) is 95.3 Å². The molecule has 1 fully saturated rings. The van der Waals surface area contributed by atoms with Gasteiger partial charge in [-0.25, -0.2) is 4.90 Å². The Morgan fingerprint density at radius 2 is 1.42 bits per heavy atom. The summed E-state index contributed by atoms with van der Waals surface area (Å²) >= 11 is 0. The fourth-order valence-electron chi connectivity index (χ4n) is 4.10. The molecule has 0 aliphatic carbocycles. The van der Waals surface area contributed by atoms with Crippen LogP contribution in [0.2, 0.25) is 0 Å². The van der Waals surface area contributed by atoms with Crippen molar-refractivity contribution in [2.75, 3.05) is 16.3 Å². The van der Waals surface area contributed by atoms with E-state index in [0.29, 0.717) is 17.1 Å². The highest BCUT2D eigenvalue weighted by molar-refractivity contribution is 6.25. The van der Waals surface area contributed by atoms with E-state index < -0.39 is 23.9 Å². The Hall–Kier alpha value is -4.33. The third-order valence-corrected chi connectivity index (χ3v) is 5.73. The van der Waals surface area contributed by atoms with E-state index in [-0.39, 0.29) is 12.5 Å². The minimum atomic E-state index is -0.950. The van der Waals surface area contributed by atoms with Crippen molar-refractivity contribution in [2.45, 2.75) is 19.0 Å². The van der Waals surface area contributed by atoms with E-state index in [1.807, 2.05) is 79.7 Å². The molecule has 0 N–H and O–H groups in total. The van der Waals surface area contributed by atoms with Crippen molar-refractivity contribution in [3.8, 4) is 0 Å². The lowest BCUT2D eigenvalue weighted by Crippen LogP contribution is -2.44. The summed E-state index contributed by atoms with van der Waals surface area (Å²) in [6.45, 7) is 1.73. The van der Waals surface area contributed by atoms with E-state index in [1.54, 1.807) is 17.0 Å². The van der Waals surface area contributed by atoms with Crippen molar-refractivity contribution in [3.05, 3.63) is 90.5 Å². The predicted octanol–water partition coefficient (Wildman–Crippen LogP) is 3.65. The zero-order valence-corrected chi connectivity index (χ0v) is 17.9. The summed E-state index contributed by atoms with van der Waals surface area (Å²) < 4.78 is 0. The van der Waals surface area contributed by atoms with Gasteiger partial charge < -0.3 is 0 Å². The van der Waals surface area contributed by atoms with Gasteiger partial charge in [0, 0.05) is 11.4 Å². The molecule has 0 aromatic heterocycles. The van der Waals surface area contributed by atoms with E-state index in [0.717, 1.165) is 10.5 Å². The molecule has 2 aliphatic rings. The summed E-state index contributed by atoms with van der Waals surface area (Å²) in [6, 6.07) is 23.7. The molecule has 0 saturated carbocycles. The fraction of sp³-hybridized carbons (Fsp3) is 0.160. The second-order valence-corrected chi connectivity index (χ2v) is 7.94. The minimum absolute atomic E-state index is 0.199. The summed E-state index contributed by atoms with van der Waals surface area (Å²) in [5, 5.41) is 9.37. The van der Waals surface area contributed by atoms with E-state index >= 15 is 0 Å². The van der Waals surface area contributed by atoms with Crippen LogP contribution in [0.3, 0.4) is 0 Å². The maximum atomic E-state index is 13.4. The second kappa shape index (κ2) is 8.31. The van der Waals surface area contributed by atoms with Gasteiger partial charge in [-0.15, -0.1) is 0 Å². The largest absolute Gasteiger partial charge is 0.279 e. The number of carbonyl (C=O) groups is 3. The van der Waals surface area contributed by atoms with Crippen molar-refractivity contribution < 1.29 is 14.4 Å². The average Bonchev–Trinajstić information content (AvgIpc) is 3.35. The van der Waals surface area contributed by atoms with Crippen LogP contribution in [0.25, 0.3) is 0 Å². The number of amides is 3. The Morgan fingerprint density at radius 1 is 0.848 bits per heavy atom. The molecule has 0 spiro atoms. The maximum absolute atomic E-state index is 13.4. The number of imide groups is 1. The Bertz CT molecular complexity index is 1190. The van der Waals surface area contributed by atoms with Gasteiger partial charge in [0.15, 0.2) is 12.1 Å². The van der Waals surface area contributed by atoms with E-state index in [4.69, 9.17) is 0 Å². The number of nitrogens with zero attached hydrogens (tertiary/aromatic N) is 5. The number of rotatable bonds is 5. The lowest BCUT2D eigenvalue weighted by atomic mass is 10.1. The van der Waals surface area contributed by atoms with Crippen LogP contribution in [-0.2, 0) is 14.4 Å². The number of carbonyl (C=O) groups excluding carboxylic acids is 3. The van der Waals surface area contributed by atoms with Crippen molar-refractivity contribution in [3.63, 3.8) is 0 Å². The van der Waals surface area contributed by atoms with Gasteiger partial charge in [0.2, 0.25) is 0 Å². The van der Waals surface area contributed by atoms with Crippen LogP contribution in [-0.4, -0.2) is 41.4 Å².